The first-order chi connectivity index (χ1) is 18.5. The van der Waals surface area contributed by atoms with E-state index in [4.69, 9.17) is 9.26 Å². The van der Waals surface area contributed by atoms with Crippen molar-refractivity contribution in [3.05, 3.63) is 95.8 Å². The number of aryl methyl sites for hydroxylation is 1. The van der Waals surface area contributed by atoms with Crippen LogP contribution in [0.15, 0.2) is 71.6 Å². The summed E-state index contributed by atoms with van der Waals surface area (Å²) >= 11 is 0. The van der Waals surface area contributed by atoms with Crippen LogP contribution in [0.1, 0.15) is 39.5 Å². The van der Waals surface area contributed by atoms with Crippen molar-refractivity contribution in [2.24, 2.45) is 7.05 Å². The van der Waals surface area contributed by atoms with Crippen molar-refractivity contribution in [1.82, 2.24) is 40.2 Å². The summed E-state index contributed by atoms with van der Waals surface area (Å²) in [5, 5.41) is 18.9. The average Bonchev–Trinajstić information content (AvgIpc) is 3.56. The number of amides is 1. The molecule has 0 aliphatic rings. The van der Waals surface area contributed by atoms with Crippen molar-refractivity contribution in [3.63, 3.8) is 0 Å². The lowest BCUT2D eigenvalue weighted by Crippen LogP contribution is -2.30. The van der Waals surface area contributed by atoms with E-state index in [2.05, 4.69) is 40.9 Å². The standard InChI is InChI=1S/C26H25N9O3/c1-16-30-24(34-38-16)23(19-9-4-5-10-21(19)37-3)31-26(36)17-7-6-8-18(13-17)28-14-22-32-33-25(35(22)2)20-11-12-27-15-29-20/h4-13,15,23,28H,14H2,1-3H3,(H,31,36)/t23-/m1/s1. The third-order valence-corrected chi connectivity index (χ3v) is 5.88. The molecule has 1 atom stereocenters. The molecule has 5 aromatic rings. The maximum atomic E-state index is 13.3. The Kier molecular flexibility index (Phi) is 7.02. The highest BCUT2D eigenvalue weighted by Crippen LogP contribution is 2.29. The van der Waals surface area contributed by atoms with Gasteiger partial charge in [0.15, 0.2) is 17.5 Å². The third-order valence-electron chi connectivity index (χ3n) is 5.88. The van der Waals surface area contributed by atoms with Gasteiger partial charge in [-0.15, -0.1) is 10.2 Å². The number of nitrogens with one attached hydrogen (secondary N) is 2. The van der Waals surface area contributed by atoms with Crippen LogP contribution in [0, 0.1) is 6.92 Å². The second-order valence-electron chi connectivity index (χ2n) is 8.35. The zero-order chi connectivity index (χ0) is 26.5. The predicted octanol–water partition coefficient (Wildman–Crippen LogP) is 3.10. The Balaban J connectivity index is 1.33. The van der Waals surface area contributed by atoms with Gasteiger partial charge in [0.1, 0.15) is 23.8 Å². The van der Waals surface area contributed by atoms with Gasteiger partial charge in [0.25, 0.3) is 5.91 Å². The normalized spacial score (nSPS) is 11.7. The summed E-state index contributed by atoms with van der Waals surface area (Å²) in [7, 11) is 3.44. The number of para-hydroxylation sites is 1. The molecule has 0 fully saturated rings. The van der Waals surface area contributed by atoms with Crippen LogP contribution < -0.4 is 15.4 Å². The van der Waals surface area contributed by atoms with E-state index in [1.165, 1.54) is 6.33 Å². The Morgan fingerprint density at radius 1 is 1.13 bits per heavy atom. The molecule has 12 nitrogen and oxygen atoms in total. The van der Waals surface area contributed by atoms with Gasteiger partial charge in [-0.3, -0.25) is 4.79 Å². The zero-order valence-corrected chi connectivity index (χ0v) is 21.0. The first-order valence-corrected chi connectivity index (χ1v) is 11.8. The summed E-state index contributed by atoms with van der Waals surface area (Å²) in [5.74, 6) is 2.36. The molecule has 2 N–H and O–H groups in total. The van der Waals surface area contributed by atoms with Crippen LogP contribution in [0.3, 0.4) is 0 Å². The number of benzene rings is 2. The van der Waals surface area contributed by atoms with Gasteiger partial charge in [0.2, 0.25) is 5.89 Å². The maximum absolute atomic E-state index is 13.3. The number of ether oxygens (including phenoxy) is 1. The fourth-order valence-electron chi connectivity index (χ4n) is 3.95. The quantitative estimate of drug-likeness (QED) is 0.303. The number of nitrogens with zero attached hydrogens (tertiary/aromatic N) is 7. The van der Waals surface area contributed by atoms with E-state index in [1.54, 1.807) is 44.5 Å². The fourth-order valence-corrected chi connectivity index (χ4v) is 3.95. The molecule has 38 heavy (non-hydrogen) atoms. The Bertz CT molecular complexity index is 1550. The zero-order valence-electron chi connectivity index (χ0n) is 21.0. The molecule has 0 saturated carbocycles. The Labute approximate surface area is 218 Å². The minimum absolute atomic E-state index is 0.309. The molecule has 2 aromatic carbocycles. The smallest absolute Gasteiger partial charge is 0.252 e. The maximum Gasteiger partial charge on any atom is 0.252 e. The number of aromatic nitrogens is 7. The molecule has 12 heteroatoms. The SMILES string of the molecule is COc1ccccc1[C@@H](NC(=O)c1cccc(NCc2nnc(-c3ccncn3)n2C)c1)c1noc(C)n1. The second kappa shape index (κ2) is 10.9. The topological polar surface area (TPSA) is 146 Å². The van der Waals surface area contributed by atoms with Crippen LogP contribution in [0.25, 0.3) is 11.5 Å². The fraction of sp³-hybridized carbons (Fsp3) is 0.192. The van der Waals surface area contributed by atoms with Crippen molar-refractivity contribution in [2.75, 3.05) is 12.4 Å². The van der Waals surface area contributed by atoms with Crippen LogP contribution in [0.4, 0.5) is 5.69 Å². The summed E-state index contributed by atoms with van der Waals surface area (Å²) in [4.78, 5) is 25.8. The molecule has 0 radical (unpaired) electrons. The largest absolute Gasteiger partial charge is 0.496 e. The number of carbonyl (C=O) groups excluding carboxylic acids is 1. The van der Waals surface area contributed by atoms with Crippen LogP contribution >= 0.6 is 0 Å². The average molecular weight is 512 g/mol. The molecule has 0 bridgehead atoms. The van der Waals surface area contributed by atoms with E-state index in [1.807, 2.05) is 41.9 Å². The van der Waals surface area contributed by atoms with Gasteiger partial charge in [0.05, 0.1) is 13.7 Å². The molecule has 1 amide bonds. The Morgan fingerprint density at radius 2 is 2.00 bits per heavy atom. The van der Waals surface area contributed by atoms with Crippen molar-refractivity contribution in [1.29, 1.82) is 0 Å². The molecule has 0 aliphatic heterocycles. The van der Waals surface area contributed by atoms with Crippen LogP contribution in [0.2, 0.25) is 0 Å². The number of carbonyl (C=O) groups is 1. The number of anilines is 1. The Morgan fingerprint density at radius 3 is 2.76 bits per heavy atom. The molecular formula is C26H25N9O3. The molecule has 0 saturated heterocycles. The lowest BCUT2D eigenvalue weighted by molar-refractivity contribution is 0.0941. The van der Waals surface area contributed by atoms with Gasteiger partial charge in [-0.1, -0.05) is 29.4 Å². The van der Waals surface area contributed by atoms with Crippen LogP contribution in [0.5, 0.6) is 5.75 Å². The van der Waals surface area contributed by atoms with E-state index in [-0.39, 0.29) is 5.91 Å². The second-order valence-corrected chi connectivity index (χ2v) is 8.35. The van der Waals surface area contributed by atoms with Crippen molar-refractivity contribution >= 4 is 11.6 Å². The van der Waals surface area contributed by atoms with Gasteiger partial charge in [-0.2, -0.15) is 4.98 Å². The molecule has 3 aromatic heterocycles. The van der Waals surface area contributed by atoms with Gasteiger partial charge >= 0.3 is 0 Å². The summed E-state index contributed by atoms with van der Waals surface area (Å²) < 4.78 is 12.5. The molecule has 0 unspecified atom stereocenters. The first-order valence-electron chi connectivity index (χ1n) is 11.8. The van der Waals surface area contributed by atoms with Crippen molar-refractivity contribution in [3.8, 4) is 17.3 Å². The molecule has 0 aliphatic carbocycles. The lowest BCUT2D eigenvalue weighted by Gasteiger charge is -2.19. The molecule has 0 spiro atoms. The van der Waals surface area contributed by atoms with Crippen molar-refractivity contribution < 1.29 is 14.1 Å². The highest BCUT2D eigenvalue weighted by Gasteiger charge is 2.25. The van der Waals surface area contributed by atoms with Gasteiger partial charge in [-0.25, -0.2) is 9.97 Å². The van der Waals surface area contributed by atoms with Gasteiger partial charge in [-0.05, 0) is 30.3 Å². The van der Waals surface area contributed by atoms with E-state index >= 15 is 0 Å². The minimum atomic E-state index is -0.674. The molecular weight excluding hydrogens is 486 g/mol. The van der Waals surface area contributed by atoms with Crippen molar-refractivity contribution in [2.45, 2.75) is 19.5 Å². The number of hydrogen-bond donors (Lipinski definition) is 2. The number of methoxy groups -OCH3 is 1. The monoisotopic (exact) mass is 511 g/mol. The van der Waals surface area contributed by atoms with Gasteiger partial charge in [0, 0.05) is 37.0 Å². The number of hydrogen-bond acceptors (Lipinski definition) is 10. The molecule has 192 valence electrons. The van der Waals surface area contributed by atoms with E-state index in [9.17, 15) is 4.79 Å². The predicted molar refractivity (Wildman–Crippen MR) is 137 cm³/mol. The minimum Gasteiger partial charge on any atom is -0.496 e. The number of rotatable bonds is 9. The highest BCUT2D eigenvalue weighted by atomic mass is 16.5. The van der Waals surface area contributed by atoms with Crippen LogP contribution in [-0.4, -0.2) is 47.9 Å². The molecule has 3 heterocycles. The van der Waals surface area contributed by atoms with Gasteiger partial charge < -0.3 is 24.5 Å². The van der Waals surface area contributed by atoms with Crippen LogP contribution in [-0.2, 0) is 13.6 Å². The third kappa shape index (κ3) is 5.19. The summed E-state index contributed by atoms with van der Waals surface area (Å²) in [6.45, 7) is 2.09. The summed E-state index contributed by atoms with van der Waals surface area (Å²) in [5.41, 5.74) is 2.59. The molecule has 5 rings (SSSR count). The van der Waals surface area contributed by atoms with E-state index in [0.29, 0.717) is 52.5 Å². The summed E-state index contributed by atoms with van der Waals surface area (Å²) in [6.07, 6.45) is 3.13. The van der Waals surface area contributed by atoms with E-state index < -0.39 is 6.04 Å². The summed E-state index contributed by atoms with van der Waals surface area (Å²) in [6, 6.07) is 15.6. The highest BCUT2D eigenvalue weighted by molar-refractivity contribution is 5.95. The Hall–Kier alpha value is -5.13. The lowest BCUT2D eigenvalue weighted by atomic mass is 10.0. The first kappa shape index (κ1) is 24.6. The van der Waals surface area contributed by atoms with E-state index in [0.717, 1.165) is 5.69 Å².